The maximum Gasteiger partial charge on any atom is 0.133 e. The highest BCUT2D eigenvalue weighted by Gasteiger charge is 2.29. The standard InChI is InChI=1S/C12H18N2OS/c1-8(2)12(14-13)10-7-16-11-6-4-3-5-9(11)15-10/h3-6,8,10,12,14H,7,13H2,1-2H3. The highest BCUT2D eigenvalue weighted by Crippen LogP contribution is 2.36. The summed E-state index contributed by atoms with van der Waals surface area (Å²) in [5.74, 6) is 7.97. The van der Waals surface area contributed by atoms with Gasteiger partial charge in [-0.1, -0.05) is 26.0 Å². The van der Waals surface area contributed by atoms with E-state index in [-0.39, 0.29) is 12.1 Å². The number of nitrogens with one attached hydrogen (secondary N) is 1. The summed E-state index contributed by atoms with van der Waals surface area (Å²) >= 11 is 1.84. The number of ether oxygens (including phenoxy) is 1. The molecule has 2 unspecified atom stereocenters. The van der Waals surface area contributed by atoms with Gasteiger partial charge < -0.3 is 4.74 Å². The van der Waals surface area contributed by atoms with E-state index >= 15 is 0 Å². The molecule has 1 aromatic carbocycles. The van der Waals surface area contributed by atoms with Crippen molar-refractivity contribution in [2.75, 3.05) is 5.75 Å². The van der Waals surface area contributed by atoms with Crippen LogP contribution in [0.15, 0.2) is 29.2 Å². The highest BCUT2D eigenvalue weighted by atomic mass is 32.2. The molecule has 0 amide bonds. The summed E-state index contributed by atoms with van der Waals surface area (Å²) in [7, 11) is 0. The number of fused-ring (bicyclic) bond motifs is 1. The Kier molecular flexibility index (Phi) is 3.74. The molecule has 1 heterocycles. The zero-order valence-electron chi connectivity index (χ0n) is 9.64. The zero-order chi connectivity index (χ0) is 11.5. The Labute approximate surface area is 101 Å². The van der Waals surface area contributed by atoms with Crippen molar-refractivity contribution in [2.45, 2.75) is 30.9 Å². The first-order valence-corrected chi connectivity index (χ1v) is 6.55. The number of hydrogen-bond donors (Lipinski definition) is 2. The molecule has 2 rings (SSSR count). The van der Waals surface area contributed by atoms with Gasteiger partial charge in [0.15, 0.2) is 0 Å². The normalized spacial score (nSPS) is 21.4. The monoisotopic (exact) mass is 238 g/mol. The predicted molar refractivity (Wildman–Crippen MR) is 67.5 cm³/mol. The Morgan fingerprint density at radius 2 is 2.19 bits per heavy atom. The zero-order valence-corrected chi connectivity index (χ0v) is 10.5. The third-order valence-electron chi connectivity index (χ3n) is 2.84. The van der Waals surface area contributed by atoms with Gasteiger partial charge in [-0.3, -0.25) is 11.3 Å². The van der Waals surface area contributed by atoms with E-state index in [1.165, 1.54) is 4.90 Å². The van der Waals surface area contributed by atoms with Crippen molar-refractivity contribution in [2.24, 2.45) is 11.8 Å². The van der Waals surface area contributed by atoms with Gasteiger partial charge in [0.2, 0.25) is 0 Å². The van der Waals surface area contributed by atoms with E-state index < -0.39 is 0 Å². The molecule has 0 saturated carbocycles. The second kappa shape index (κ2) is 5.08. The molecule has 1 aliphatic rings. The van der Waals surface area contributed by atoms with Crippen LogP contribution in [0.25, 0.3) is 0 Å². The molecule has 2 atom stereocenters. The van der Waals surface area contributed by atoms with Crippen molar-refractivity contribution in [3.63, 3.8) is 0 Å². The van der Waals surface area contributed by atoms with Crippen molar-refractivity contribution in [3.05, 3.63) is 24.3 Å². The molecule has 0 radical (unpaired) electrons. The summed E-state index contributed by atoms with van der Waals surface area (Å²) in [5, 5.41) is 0. The minimum absolute atomic E-state index is 0.143. The molecular formula is C12H18N2OS. The van der Waals surface area contributed by atoms with Gasteiger partial charge in [-0.25, -0.2) is 0 Å². The highest BCUT2D eigenvalue weighted by molar-refractivity contribution is 7.99. The summed E-state index contributed by atoms with van der Waals surface area (Å²) in [4.78, 5) is 1.22. The molecule has 0 spiro atoms. The first kappa shape index (κ1) is 11.8. The van der Waals surface area contributed by atoms with Gasteiger partial charge in [-0.15, -0.1) is 11.8 Å². The van der Waals surface area contributed by atoms with Crippen molar-refractivity contribution in [1.82, 2.24) is 5.43 Å². The van der Waals surface area contributed by atoms with E-state index in [0.29, 0.717) is 5.92 Å². The van der Waals surface area contributed by atoms with Gasteiger partial charge in [0.05, 0.1) is 6.04 Å². The number of nitrogens with two attached hydrogens (primary N) is 1. The van der Waals surface area contributed by atoms with E-state index in [1.54, 1.807) is 0 Å². The molecule has 16 heavy (non-hydrogen) atoms. The van der Waals surface area contributed by atoms with Gasteiger partial charge in [-0.05, 0) is 18.1 Å². The number of rotatable bonds is 3. The third-order valence-corrected chi connectivity index (χ3v) is 3.99. The lowest BCUT2D eigenvalue weighted by Crippen LogP contribution is -2.51. The average Bonchev–Trinajstić information content (AvgIpc) is 2.29. The molecule has 0 aromatic heterocycles. The molecule has 3 nitrogen and oxygen atoms in total. The van der Waals surface area contributed by atoms with Crippen LogP contribution in [0, 0.1) is 5.92 Å². The molecule has 1 aliphatic heterocycles. The van der Waals surface area contributed by atoms with E-state index in [1.807, 2.05) is 30.0 Å². The Bertz CT molecular complexity index is 357. The largest absolute Gasteiger partial charge is 0.487 e. The fourth-order valence-electron chi connectivity index (χ4n) is 1.94. The van der Waals surface area contributed by atoms with Crippen molar-refractivity contribution in [3.8, 4) is 5.75 Å². The molecule has 4 heteroatoms. The van der Waals surface area contributed by atoms with Gasteiger partial charge in [0.25, 0.3) is 0 Å². The number of benzene rings is 1. The summed E-state index contributed by atoms with van der Waals surface area (Å²) in [5.41, 5.74) is 2.86. The lowest BCUT2D eigenvalue weighted by Gasteiger charge is -2.33. The molecule has 88 valence electrons. The lowest BCUT2D eigenvalue weighted by molar-refractivity contribution is 0.141. The van der Waals surface area contributed by atoms with Crippen LogP contribution in [0.5, 0.6) is 5.75 Å². The topological polar surface area (TPSA) is 47.3 Å². The first-order chi connectivity index (χ1) is 7.72. The van der Waals surface area contributed by atoms with E-state index in [0.717, 1.165) is 11.5 Å². The maximum atomic E-state index is 5.98. The molecular weight excluding hydrogens is 220 g/mol. The summed E-state index contributed by atoms with van der Waals surface area (Å²) < 4.78 is 5.98. The number of hydrogen-bond acceptors (Lipinski definition) is 4. The van der Waals surface area contributed by atoms with E-state index in [2.05, 4.69) is 25.3 Å². The minimum Gasteiger partial charge on any atom is -0.487 e. The van der Waals surface area contributed by atoms with Gasteiger partial charge in [0.1, 0.15) is 11.9 Å². The Hall–Kier alpha value is -0.710. The molecule has 0 fully saturated rings. The molecule has 1 aromatic rings. The molecule has 0 saturated heterocycles. The average molecular weight is 238 g/mol. The minimum atomic E-state index is 0.143. The molecule has 0 aliphatic carbocycles. The van der Waals surface area contributed by atoms with E-state index in [4.69, 9.17) is 10.6 Å². The van der Waals surface area contributed by atoms with Crippen molar-refractivity contribution in [1.29, 1.82) is 0 Å². The van der Waals surface area contributed by atoms with Crippen LogP contribution in [0.3, 0.4) is 0 Å². The van der Waals surface area contributed by atoms with Crippen LogP contribution in [-0.2, 0) is 0 Å². The Morgan fingerprint density at radius 1 is 1.44 bits per heavy atom. The van der Waals surface area contributed by atoms with Crippen LogP contribution in [-0.4, -0.2) is 17.9 Å². The molecule has 3 N–H and O–H groups in total. The van der Waals surface area contributed by atoms with Crippen LogP contribution in [0.1, 0.15) is 13.8 Å². The van der Waals surface area contributed by atoms with Gasteiger partial charge in [0, 0.05) is 10.6 Å². The smallest absolute Gasteiger partial charge is 0.133 e. The lowest BCUT2D eigenvalue weighted by atomic mass is 10.00. The SMILES string of the molecule is CC(C)C(NN)C1CSc2ccccc2O1. The maximum absolute atomic E-state index is 5.98. The van der Waals surface area contributed by atoms with Gasteiger partial charge >= 0.3 is 0 Å². The first-order valence-electron chi connectivity index (χ1n) is 5.57. The summed E-state index contributed by atoms with van der Waals surface area (Å²) in [6.07, 6.45) is 0.143. The quantitative estimate of drug-likeness (QED) is 0.625. The van der Waals surface area contributed by atoms with Crippen LogP contribution >= 0.6 is 11.8 Å². The number of hydrazine groups is 1. The van der Waals surface area contributed by atoms with Crippen LogP contribution in [0.4, 0.5) is 0 Å². The second-order valence-corrected chi connectivity index (χ2v) is 5.41. The van der Waals surface area contributed by atoms with Crippen LogP contribution in [0.2, 0.25) is 0 Å². The number of para-hydroxylation sites is 1. The van der Waals surface area contributed by atoms with Crippen molar-refractivity contribution < 1.29 is 4.74 Å². The fraction of sp³-hybridized carbons (Fsp3) is 0.500. The van der Waals surface area contributed by atoms with E-state index in [9.17, 15) is 0 Å². The number of thioether (sulfide) groups is 1. The predicted octanol–water partition coefficient (Wildman–Crippen LogP) is 2.03. The fourth-order valence-corrected chi connectivity index (χ4v) is 2.99. The Morgan fingerprint density at radius 3 is 2.88 bits per heavy atom. The van der Waals surface area contributed by atoms with Crippen molar-refractivity contribution >= 4 is 11.8 Å². The third kappa shape index (κ3) is 2.34. The summed E-state index contributed by atoms with van der Waals surface area (Å²) in [6.45, 7) is 4.30. The summed E-state index contributed by atoms with van der Waals surface area (Å²) in [6, 6.07) is 8.35. The van der Waals surface area contributed by atoms with Crippen LogP contribution < -0.4 is 16.0 Å². The Balaban J connectivity index is 2.12. The van der Waals surface area contributed by atoms with Gasteiger partial charge in [-0.2, -0.15) is 0 Å². The molecule has 0 bridgehead atoms. The second-order valence-electron chi connectivity index (χ2n) is 4.35.